The van der Waals surface area contributed by atoms with Crippen molar-refractivity contribution in [2.75, 3.05) is 0 Å². The van der Waals surface area contributed by atoms with Crippen molar-refractivity contribution in [2.45, 2.75) is 0 Å². The second kappa shape index (κ2) is 14.4. The molecule has 6 aromatic rings. The van der Waals surface area contributed by atoms with Gasteiger partial charge in [-0.05, 0) is 22.9 Å². The summed E-state index contributed by atoms with van der Waals surface area (Å²) in [5.74, 6) is 0.700. The fourth-order valence-corrected chi connectivity index (χ4v) is 3.83. The van der Waals surface area contributed by atoms with E-state index in [0.29, 0.717) is 11.5 Å². The summed E-state index contributed by atoms with van der Waals surface area (Å²) in [6.45, 7) is 0. The molecule has 0 atom stereocenters. The summed E-state index contributed by atoms with van der Waals surface area (Å²) in [6, 6.07) is 36.9. The second-order valence-corrected chi connectivity index (χ2v) is 8.05. The Kier molecular flexibility index (Phi) is 11.6. The van der Waals surface area contributed by atoms with Crippen molar-refractivity contribution in [1.29, 1.82) is 0 Å². The molecule has 0 radical (unpaired) electrons. The van der Waals surface area contributed by atoms with Gasteiger partial charge in [-0.3, -0.25) is 0 Å². The van der Waals surface area contributed by atoms with Crippen LogP contribution in [0.15, 0.2) is 121 Å². The van der Waals surface area contributed by atoms with Crippen LogP contribution in [0.4, 0.5) is 0 Å². The van der Waals surface area contributed by atoms with Gasteiger partial charge in [0.2, 0.25) is 0 Å². The molecule has 0 amide bonds. The van der Waals surface area contributed by atoms with Crippen LogP contribution in [0.2, 0.25) is 0 Å². The summed E-state index contributed by atoms with van der Waals surface area (Å²) in [4.78, 5) is 4.32. The van der Waals surface area contributed by atoms with Crippen LogP contribution in [0.5, 0.6) is 11.5 Å². The first kappa shape index (κ1) is 29.0. The number of rotatable bonds is 1. The molecule has 6 heteroatoms. The molecule has 3 nitrogen and oxygen atoms in total. The summed E-state index contributed by atoms with van der Waals surface area (Å²) in [6.07, 6.45) is 1.89. The first-order valence-electron chi connectivity index (χ1n) is 10.8. The Labute approximate surface area is 234 Å². The van der Waals surface area contributed by atoms with E-state index in [2.05, 4.69) is 21.4 Å². The van der Waals surface area contributed by atoms with Crippen molar-refractivity contribution in [3.63, 3.8) is 0 Å². The number of phenolic OH excluding ortho intramolecular Hbond substituents is 2. The molecule has 0 bridgehead atoms. The van der Waals surface area contributed by atoms with Gasteiger partial charge in [0.25, 0.3) is 0 Å². The number of para-hydroxylation sites is 1. The number of benzene rings is 5. The molecule has 1 heterocycles. The van der Waals surface area contributed by atoms with Gasteiger partial charge < -0.3 is 10.2 Å². The Morgan fingerprint density at radius 2 is 1.00 bits per heavy atom. The fourth-order valence-electron chi connectivity index (χ4n) is 3.58. The SMILES string of the molecule is Cl.Cl.Oc1cccc2ccccc12.Oc1cccc2ccccc12.[Ti]=[CH]c1cnc2ccccc2c1. The molecule has 1 aromatic heterocycles. The third-order valence-electron chi connectivity index (χ3n) is 5.31. The molecule has 0 unspecified atom stereocenters. The van der Waals surface area contributed by atoms with Crippen molar-refractivity contribution in [2.24, 2.45) is 0 Å². The molecule has 0 fully saturated rings. The first-order valence-corrected chi connectivity index (χ1v) is 11.7. The van der Waals surface area contributed by atoms with Gasteiger partial charge in [0.1, 0.15) is 11.5 Å². The van der Waals surface area contributed by atoms with Gasteiger partial charge in [0.15, 0.2) is 0 Å². The second-order valence-electron chi connectivity index (χ2n) is 7.60. The number of aromatic hydroxyl groups is 2. The number of nitrogens with zero attached hydrogens (tertiary/aromatic N) is 1. The number of hydrogen-bond donors (Lipinski definition) is 2. The van der Waals surface area contributed by atoms with Gasteiger partial charge in [-0.15, -0.1) is 24.8 Å². The van der Waals surface area contributed by atoms with E-state index in [1.807, 2.05) is 117 Å². The predicted molar refractivity (Wildman–Crippen MR) is 153 cm³/mol. The van der Waals surface area contributed by atoms with Crippen molar-refractivity contribution in [3.8, 4) is 11.5 Å². The molecule has 6 rings (SSSR count). The number of phenols is 2. The molecule has 0 spiro atoms. The predicted octanol–water partition coefficient (Wildman–Crippen LogP) is 7.87. The summed E-state index contributed by atoms with van der Waals surface area (Å²) >= 11 is 2.02. The van der Waals surface area contributed by atoms with E-state index in [0.717, 1.165) is 27.1 Å². The van der Waals surface area contributed by atoms with E-state index in [-0.39, 0.29) is 24.8 Å². The number of hydrogen-bond acceptors (Lipinski definition) is 3. The molecule has 0 saturated heterocycles. The van der Waals surface area contributed by atoms with Gasteiger partial charge in [-0.25, -0.2) is 0 Å². The maximum absolute atomic E-state index is 9.37. The van der Waals surface area contributed by atoms with E-state index >= 15 is 0 Å². The Morgan fingerprint density at radius 1 is 0.556 bits per heavy atom. The van der Waals surface area contributed by atoms with Gasteiger partial charge in [0, 0.05) is 10.8 Å². The molecular weight excluding hydrogens is 525 g/mol. The minimum absolute atomic E-state index is 0. The zero-order valence-corrected chi connectivity index (χ0v) is 22.5. The summed E-state index contributed by atoms with van der Waals surface area (Å²) < 4.78 is 2.06. The standard InChI is InChI=1S/C10H7N.2C10H8O.2ClH.Ti/c1-8-6-9-4-2-3-5-10(9)11-7-8;2*11-10-7-3-5-8-4-1-2-6-9(8)10;;;/h1-7H;2*1-7,11H;2*1H;. The molecule has 180 valence electrons. The minimum atomic E-state index is 0. The number of fused-ring (bicyclic) bond motifs is 3. The maximum atomic E-state index is 9.37. The monoisotopic (exact) mass is 549 g/mol. The van der Waals surface area contributed by atoms with E-state index in [1.54, 1.807) is 12.1 Å². The van der Waals surface area contributed by atoms with E-state index in [1.165, 1.54) is 10.9 Å². The van der Waals surface area contributed by atoms with Gasteiger partial charge in [0.05, 0.1) is 0 Å². The van der Waals surface area contributed by atoms with Gasteiger partial charge in [-0.2, -0.15) is 0 Å². The topological polar surface area (TPSA) is 53.4 Å². The molecule has 2 N–H and O–H groups in total. The molecular formula is C30H25Cl2NO2Ti. The molecule has 0 saturated carbocycles. The van der Waals surface area contributed by atoms with Gasteiger partial charge >= 0.3 is 82.3 Å². The van der Waals surface area contributed by atoms with Crippen LogP contribution < -0.4 is 0 Å². The summed E-state index contributed by atoms with van der Waals surface area (Å²) in [7, 11) is 0. The Bertz CT molecular complexity index is 1490. The molecule has 0 aliphatic carbocycles. The first-order chi connectivity index (χ1) is 16.7. The van der Waals surface area contributed by atoms with E-state index in [4.69, 9.17) is 0 Å². The van der Waals surface area contributed by atoms with Crippen molar-refractivity contribution in [3.05, 3.63) is 127 Å². The van der Waals surface area contributed by atoms with Crippen LogP contribution in [0.1, 0.15) is 5.56 Å². The third kappa shape index (κ3) is 7.40. The molecule has 0 aliphatic rings. The van der Waals surface area contributed by atoms with Gasteiger partial charge in [-0.1, -0.05) is 72.8 Å². The zero-order valence-electron chi connectivity index (χ0n) is 19.3. The van der Waals surface area contributed by atoms with Crippen LogP contribution >= 0.6 is 24.8 Å². The third-order valence-corrected chi connectivity index (χ3v) is 5.83. The van der Waals surface area contributed by atoms with Crippen molar-refractivity contribution >= 4 is 61.6 Å². The summed E-state index contributed by atoms with van der Waals surface area (Å²) in [5, 5.41) is 23.9. The Hall–Kier alpha value is -3.21. The fraction of sp³-hybridized carbons (Fsp3) is 0. The molecule has 0 aliphatic heterocycles. The average Bonchev–Trinajstić information content (AvgIpc) is 2.90. The number of pyridine rings is 1. The Morgan fingerprint density at radius 3 is 1.50 bits per heavy atom. The Balaban J connectivity index is 0.000000185. The number of halogens is 2. The van der Waals surface area contributed by atoms with Crippen LogP contribution in [-0.4, -0.2) is 19.5 Å². The number of aromatic nitrogens is 1. The van der Waals surface area contributed by atoms with Crippen molar-refractivity contribution in [1.82, 2.24) is 4.98 Å². The molecule has 5 aromatic carbocycles. The van der Waals surface area contributed by atoms with Crippen LogP contribution in [-0.2, 0) is 20.0 Å². The normalized spacial score (nSPS) is 9.53. The molecule has 36 heavy (non-hydrogen) atoms. The quantitative estimate of drug-likeness (QED) is 0.205. The van der Waals surface area contributed by atoms with Crippen molar-refractivity contribution < 1.29 is 30.2 Å². The summed E-state index contributed by atoms with van der Waals surface area (Å²) in [5.41, 5.74) is 2.23. The van der Waals surface area contributed by atoms with E-state index < -0.39 is 0 Å². The average molecular weight is 550 g/mol. The van der Waals surface area contributed by atoms with Crippen LogP contribution in [0.25, 0.3) is 32.4 Å². The van der Waals surface area contributed by atoms with E-state index in [9.17, 15) is 10.2 Å². The van der Waals surface area contributed by atoms with Crippen LogP contribution in [0.3, 0.4) is 0 Å². The van der Waals surface area contributed by atoms with Crippen LogP contribution in [0, 0.1) is 0 Å². The zero-order chi connectivity index (χ0) is 23.8.